The topological polar surface area (TPSA) is 116 Å². The van der Waals surface area contributed by atoms with E-state index in [2.05, 4.69) is 26.8 Å². The van der Waals surface area contributed by atoms with Crippen molar-refractivity contribution < 1.29 is 14.0 Å². The summed E-state index contributed by atoms with van der Waals surface area (Å²) in [5.74, 6) is -0.519. The van der Waals surface area contributed by atoms with Gasteiger partial charge in [0.2, 0.25) is 11.8 Å². The van der Waals surface area contributed by atoms with Gasteiger partial charge in [-0.25, -0.2) is 9.37 Å². The van der Waals surface area contributed by atoms with Crippen molar-refractivity contribution in [2.24, 2.45) is 0 Å². The maximum absolute atomic E-state index is 14.0. The van der Waals surface area contributed by atoms with Crippen molar-refractivity contribution >= 4 is 17.6 Å². The Morgan fingerprint density at radius 3 is 2.48 bits per heavy atom. The highest BCUT2D eigenvalue weighted by Gasteiger charge is 2.22. The number of nitrogens with one attached hydrogen (secondary N) is 2. The van der Waals surface area contributed by atoms with Crippen LogP contribution in [0, 0.1) is 17.1 Å². The monoisotopic (exact) mass is 539 g/mol. The highest BCUT2D eigenvalue weighted by atomic mass is 19.1. The molecule has 1 unspecified atom stereocenters. The van der Waals surface area contributed by atoms with E-state index in [0.29, 0.717) is 23.5 Å². The molecule has 2 N–H and O–H groups in total. The molecule has 204 valence electrons. The smallest absolute Gasteiger partial charge is 0.247 e. The van der Waals surface area contributed by atoms with Gasteiger partial charge in [-0.05, 0) is 53.4 Å². The fourth-order valence-corrected chi connectivity index (χ4v) is 4.06. The molecule has 0 aliphatic rings. The van der Waals surface area contributed by atoms with Crippen molar-refractivity contribution in [3.63, 3.8) is 0 Å². The summed E-state index contributed by atoms with van der Waals surface area (Å²) in [5, 5.41) is 19.3. The quantitative estimate of drug-likeness (QED) is 0.313. The summed E-state index contributed by atoms with van der Waals surface area (Å²) in [5.41, 5.74) is 3.63. The molecular formula is C30H30FN7O2. The number of benzene rings is 2. The van der Waals surface area contributed by atoms with E-state index in [-0.39, 0.29) is 24.3 Å². The molecule has 2 aromatic carbocycles. The summed E-state index contributed by atoms with van der Waals surface area (Å²) >= 11 is 0. The van der Waals surface area contributed by atoms with Crippen LogP contribution in [0.15, 0.2) is 79.3 Å². The Morgan fingerprint density at radius 2 is 1.82 bits per heavy atom. The Hall–Kier alpha value is -4.88. The van der Waals surface area contributed by atoms with E-state index in [1.54, 1.807) is 73.8 Å². The number of amides is 2. The molecule has 2 atom stereocenters. The van der Waals surface area contributed by atoms with Gasteiger partial charge in [0.1, 0.15) is 24.2 Å². The maximum atomic E-state index is 14.0. The number of nitriles is 1. The SMILES string of the molecule is CC(CN[C@H](C(=O)Nc1ccc(-c2cnn(CC(=O)N(C)C)c2)cn1)c1cccc(F)c1)c1ccc(C#N)cc1. The first-order chi connectivity index (χ1) is 19.2. The first kappa shape index (κ1) is 28.1. The molecule has 0 saturated heterocycles. The summed E-state index contributed by atoms with van der Waals surface area (Å²) < 4.78 is 15.6. The molecule has 0 fully saturated rings. The Labute approximate surface area is 232 Å². The molecule has 0 spiro atoms. The molecule has 0 radical (unpaired) electrons. The number of hydrogen-bond donors (Lipinski definition) is 2. The summed E-state index contributed by atoms with van der Waals surface area (Å²) in [4.78, 5) is 31.2. The van der Waals surface area contributed by atoms with Crippen LogP contribution >= 0.6 is 0 Å². The van der Waals surface area contributed by atoms with E-state index < -0.39 is 11.9 Å². The number of nitrogens with zero attached hydrogens (tertiary/aromatic N) is 5. The lowest BCUT2D eigenvalue weighted by Gasteiger charge is -2.21. The van der Waals surface area contributed by atoms with E-state index in [1.807, 2.05) is 19.1 Å². The molecule has 4 rings (SSSR count). The summed E-state index contributed by atoms with van der Waals surface area (Å²) in [7, 11) is 3.38. The van der Waals surface area contributed by atoms with Crippen molar-refractivity contribution in [3.05, 3.63) is 102 Å². The molecular weight excluding hydrogens is 509 g/mol. The molecule has 0 saturated carbocycles. The molecule has 10 heteroatoms. The van der Waals surface area contributed by atoms with Gasteiger partial charge in [-0.15, -0.1) is 0 Å². The van der Waals surface area contributed by atoms with E-state index >= 15 is 0 Å². The summed E-state index contributed by atoms with van der Waals surface area (Å²) in [6, 6.07) is 18.0. The molecule has 9 nitrogen and oxygen atoms in total. The molecule has 2 heterocycles. The van der Waals surface area contributed by atoms with Gasteiger partial charge in [0.05, 0.1) is 17.8 Å². The first-order valence-electron chi connectivity index (χ1n) is 12.7. The molecule has 2 aromatic heterocycles. The lowest BCUT2D eigenvalue weighted by atomic mass is 9.98. The first-order valence-corrected chi connectivity index (χ1v) is 12.7. The minimum absolute atomic E-state index is 0.0305. The Bertz CT molecular complexity index is 1510. The second kappa shape index (κ2) is 12.8. The summed E-state index contributed by atoms with van der Waals surface area (Å²) in [6.07, 6.45) is 5.02. The number of aromatic nitrogens is 3. The average molecular weight is 540 g/mol. The second-order valence-electron chi connectivity index (χ2n) is 9.67. The third-order valence-electron chi connectivity index (χ3n) is 6.46. The zero-order chi connectivity index (χ0) is 28.6. The molecule has 4 aromatic rings. The zero-order valence-corrected chi connectivity index (χ0v) is 22.5. The average Bonchev–Trinajstić information content (AvgIpc) is 3.42. The van der Waals surface area contributed by atoms with Gasteiger partial charge in [0, 0.05) is 44.2 Å². The Morgan fingerprint density at radius 1 is 1.05 bits per heavy atom. The zero-order valence-electron chi connectivity index (χ0n) is 22.5. The predicted octanol–water partition coefficient (Wildman–Crippen LogP) is 4.12. The fraction of sp³-hybridized carbons (Fsp3) is 0.233. The number of pyridine rings is 1. The molecule has 2 amide bonds. The largest absolute Gasteiger partial charge is 0.347 e. The molecule has 0 aliphatic heterocycles. The number of halogens is 1. The molecule has 0 aliphatic carbocycles. The third-order valence-corrected chi connectivity index (χ3v) is 6.46. The van der Waals surface area contributed by atoms with Crippen LogP contribution in [-0.2, 0) is 16.1 Å². The number of likely N-dealkylation sites (N-methyl/N-ethyl adjacent to an activating group) is 1. The number of hydrogen-bond acceptors (Lipinski definition) is 6. The normalized spacial score (nSPS) is 12.3. The third kappa shape index (κ3) is 7.15. The van der Waals surface area contributed by atoms with Gasteiger partial charge in [-0.2, -0.15) is 10.4 Å². The number of carbonyl (C=O) groups excluding carboxylic acids is 2. The maximum Gasteiger partial charge on any atom is 0.247 e. The van der Waals surface area contributed by atoms with Crippen LogP contribution in [0.1, 0.15) is 35.6 Å². The molecule has 40 heavy (non-hydrogen) atoms. The van der Waals surface area contributed by atoms with Crippen LogP contribution in [0.5, 0.6) is 0 Å². The van der Waals surface area contributed by atoms with Crippen LogP contribution in [0.2, 0.25) is 0 Å². The van der Waals surface area contributed by atoms with Crippen molar-refractivity contribution in [1.82, 2.24) is 25.0 Å². The van der Waals surface area contributed by atoms with Crippen LogP contribution in [0.4, 0.5) is 10.2 Å². The van der Waals surface area contributed by atoms with E-state index in [9.17, 15) is 14.0 Å². The Kier molecular flexibility index (Phi) is 8.99. The van der Waals surface area contributed by atoms with E-state index in [4.69, 9.17) is 5.26 Å². The van der Waals surface area contributed by atoms with Crippen molar-refractivity contribution in [1.29, 1.82) is 5.26 Å². The minimum atomic E-state index is -0.828. The van der Waals surface area contributed by atoms with Gasteiger partial charge in [-0.1, -0.05) is 31.2 Å². The van der Waals surface area contributed by atoms with Crippen LogP contribution in [-0.4, -0.2) is 52.1 Å². The van der Waals surface area contributed by atoms with Gasteiger partial charge in [-0.3, -0.25) is 14.3 Å². The minimum Gasteiger partial charge on any atom is -0.347 e. The number of carbonyl (C=O) groups is 2. The van der Waals surface area contributed by atoms with Crippen LogP contribution < -0.4 is 10.6 Å². The summed E-state index contributed by atoms with van der Waals surface area (Å²) in [6.45, 7) is 2.58. The Balaban J connectivity index is 1.45. The lowest BCUT2D eigenvalue weighted by Crippen LogP contribution is -2.35. The molecule has 0 bridgehead atoms. The van der Waals surface area contributed by atoms with Gasteiger partial charge >= 0.3 is 0 Å². The van der Waals surface area contributed by atoms with E-state index in [1.165, 1.54) is 17.0 Å². The van der Waals surface area contributed by atoms with Crippen LogP contribution in [0.3, 0.4) is 0 Å². The fourth-order valence-electron chi connectivity index (χ4n) is 4.06. The van der Waals surface area contributed by atoms with Crippen molar-refractivity contribution in [2.75, 3.05) is 26.0 Å². The standard InChI is InChI=1S/C30H30FN7O2/c1-20(22-9-7-21(14-32)8-10-22)15-34-29(23-5-4-6-26(31)13-23)30(40)36-27-12-11-24(16-33-27)25-17-35-38(18-25)19-28(39)37(2)3/h4-13,16-18,20,29,34H,15,19H2,1-3H3,(H,33,36,40)/t20?,29-/m0/s1. The lowest BCUT2D eigenvalue weighted by molar-refractivity contribution is -0.129. The van der Waals surface area contributed by atoms with Crippen molar-refractivity contribution in [3.8, 4) is 17.2 Å². The van der Waals surface area contributed by atoms with Gasteiger partial charge < -0.3 is 15.5 Å². The van der Waals surface area contributed by atoms with Gasteiger partial charge in [0.25, 0.3) is 0 Å². The highest BCUT2D eigenvalue weighted by Crippen LogP contribution is 2.22. The van der Waals surface area contributed by atoms with Crippen molar-refractivity contribution in [2.45, 2.75) is 25.4 Å². The highest BCUT2D eigenvalue weighted by molar-refractivity contribution is 5.95. The van der Waals surface area contributed by atoms with Crippen LogP contribution in [0.25, 0.3) is 11.1 Å². The predicted molar refractivity (Wildman–Crippen MR) is 149 cm³/mol. The second-order valence-corrected chi connectivity index (χ2v) is 9.67. The van der Waals surface area contributed by atoms with E-state index in [0.717, 1.165) is 16.7 Å². The number of rotatable bonds is 10. The van der Waals surface area contributed by atoms with Gasteiger partial charge in [0.15, 0.2) is 0 Å². The number of anilines is 1.